The van der Waals surface area contributed by atoms with Crippen molar-refractivity contribution in [2.75, 3.05) is 33.0 Å². The SMILES string of the molecule is CCO[Si](OCC)(OCC)/C(=C/CCOC1CCCCO1)SC(C)(C)C. The van der Waals surface area contributed by atoms with Gasteiger partial charge in [0.1, 0.15) is 0 Å². The molecule has 0 aliphatic carbocycles. The maximum absolute atomic E-state index is 6.11. The first-order valence-corrected chi connectivity index (χ1v) is 12.5. The smallest absolute Gasteiger partial charge is 0.370 e. The zero-order chi connectivity index (χ0) is 19.5. The third kappa shape index (κ3) is 8.86. The van der Waals surface area contributed by atoms with Crippen LogP contribution >= 0.6 is 11.8 Å². The summed E-state index contributed by atoms with van der Waals surface area (Å²) >= 11 is 1.78. The summed E-state index contributed by atoms with van der Waals surface area (Å²) in [6.45, 7) is 15.7. The summed E-state index contributed by atoms with van der Waals surface area (Å²) in [5.41, 5.74) is 0. The maximum atomic E-state index is 6.11. The molecule has 0 amide bonds. The summed E-state index contributed by atoms with van der Waals surface area (Å²) in [4.78, 5) is 0. The van der Waals surface area contributed by atoms with Crippen molar-refractivity contribution in [2.24, 2.45) is 0 Å². The molecule has 1 saturated heterocycles. The zero-order valence-corrected chi connectivity index (χ0v) is 19.3. The van der Waals surface area contributed by atoms with E-state index in [4.69, 9.17) is 22.8 Å². The number of ether oxygens (including phenoxy) is 2. The minimum absolute atomic E-state index is 0.0444. The molecule has 1 rings (SSSR count). The predicted octanol–water partition coefficient (Wildman–Crippen LogP) is 4.92. The van der Waals surface area contributed by atoms with Gasteiger partial charge in [0, 0.05) is 31.2 Å². The van der Waals surface area contributed by atoms with E-state index in [2.05, 4.69) is 26.8 Å². The molecule has 1 aliphatic heterocycles. The molecule has 7 heteroatoms. The normalized spacial score (nSPS) is 19.8. The Morgan fingerprint density at radius 1 is 1.08 bits per heavy atom. The van der Waals surface area contributed by atoms with Crippen LogP contribution in [0.3, 0.4) is 0 Å². The van der Waals surface area contributed by atoms with Crippen LogP contribution in [0.2, 0.25) is 0 Å². The second-order valence-electron chi connectivity index (χ2n) is 7.09. The van der Waals surface area contributed by atoms with Crippen LogP contribution in [-0.2, 0) is 22.8 Å². The molecule has 1 atom stereocenters. The van der Waals surface area contributed by atoms with Gasteiger partial charge in [0.05, 0.1) is 11.1 Å². The van der Waals surface area contributed by atoms with Gasteiger partial charge in [-0.1, -0.05) is 26.8 Å². The quantitative estimate of drug-likeness (QED) is 0.338. The first-order chi connectivity index (χ1) is 12.4. The van der Waals surface area contributed by atoms with Gasteiger partial charge in [-0.2, -0.15) is 0 Å². The van der Waals surface area contributed by atoms with Gasteiger partial charge in [-0.05, 0) is 46.5 Å². The maximum Gasteiger partial charge on any atom is 0.543 e. The van der Waals surface area contributed by atoms with Crippen molar-refractivity contribution in [3.8, 4) is 0 Å². The van der Waals surface area contributed by atoms with Crippen LogP contribution in [0, 0.1) is 0 Å². The Hall–Kier alpha value is 0.107. The van der Waals surface area contributed by atoms with Crippen LogP contribution in [0.1, 0.15) is 67.2 Å². The molecule has 26 heavy (non-hydrogen) atoms. The highest BCUT2D eigenvalue weighted by Gasteiger charge is 2.47. The van der Waals surface area contributed by atoms with Gasteiger partial charge in [0.25, 0.3) is 0 Å². The summed E-state index contributed by atoms with van der Waals surface area (Å²) < 4.78 is 31.0. The largest absolute Gasteiger partial charge is 0.543 e. The third-order valence-corrected chi connectivity index (χ3v) is 8.48. The van der Waals surface area contributed by atoms with Crippen LogP contribution in [0.4, 0.5) is 0 Å². The molecule has 1 fully saturated rings. The van der Waals surface area contributed by atoms with Gasteiger partial charge in [-0.25, -0.2) is 0 Å². The second kappa shape index (κ2) is 12.5. The molecule has 0 spiro atoms. The molecule has 0 aromatic carbocycles. The lowest BCUT2D eigenvalue weighted by atomic mass is 10.2. The molecule has 1 heterocycles. The van der Waals surface area contributed by atoms with Crippen molar-refractivity contribution >= 4 is 20.6 Å². The lowest BCUT2D eigenvalue weighted by Crippen LogP contribution is -2.48. The predicted molar refractivity (Wildman–Crippen MR) is 110 cm³/mol. The summed E-state index contributed by atoms with van der Waals surface area (Å²) in [5.74, 6) is 0. The van der Waals surface area contributed by atoms with Gasteiger partial charge < -0.3 is 22.8 Å². The molecule has 0 radical (unpaired) electrons. The van der Waals surface area contributed by atoms with Crippen molar-refractivity contribution < 1.29 is 22.8 Å². The van der Waals surface area contributed by atoms with Crippen molar-refractivity contribution in [2.45, 2.75) is 78.3 Å². The minimum Gasteiger partial charge on any atom is -0.370 e. The van der Waals surface area contributed by atoms with Crippen molar-refractivity contribution in [3.05, 3.63) is 10.6 Å². The molecule has 0 N–H and O–H groups in total. The Morgan fingerprint density at radius 2 is 1.69 bits per heavy atom. The van der Waals surface area contributed by atoms with Gasteiger partial charge >= 0.3 is 8.80 Å². The van der Waals surface area contributed by atoms with Crippen molar-refractivity contribution in [1.29, 1.82) is 0 Å². The fraction of sp³-hybridized carbons (Fsp3) is 0.895. The molecule has 0 bridgehead atoms. The van der Waals surface area contributed by atoms with Gasteiger partial charge in [-0.3, -0.25) is 0 Å². The summed E-state index contributed by atoms with van der Waals surface area (Å²) in [6.07, 6.45) is 6.23. The Morgan fingerprint density at radius 3 is 2.15 bits per heavy atom. The van der Waals surface area contributed by atoms with Crippen LogP contribution in [0.25, 0.3) is 0 Å². The zero-order valence-electron chi connectivity index (χ0n) is 17.5. The highest BCUT2D eigenvalue weighted by molar-refractivity contribution is 8.06. The Balaban J connectivity index is 2.84. The molecule has 154 valence electrons. The average Bonchev–Trinajstić information content (AvgIpc) is 2.58. The molecule has 0 saturated carbocycles. The van der Waals surface area contributed by atoms with E-state index in [1.807, 2.05) is 20.8 Å². The number of hydrogen-bond acceptors (Lipinski definition) is 6. The number of rotatable bonds is 12. The number of thioether (sulfide) groups is 1. The van der Waals surface area contributed by atoms with E-state index in [0.717, 1.165) is 30.4 Å². The molecule has 1 unspecified atom stereocenters. The fourth-order valence-corrected chi connectivity index (χ4v) is 7.72. The second-order valence-corrected chi connectivity index (χ2v) is 11.8. The van der Waals surface area contributed by atoms with E-state index in [1.54, 1.807) is 11.8 Å². The van der Waals surface area contributed by atoms with Crippen LogP contribution in [0.5, 0.6) is 0 Å². The molecule has 0 aromatic rings. The van der Waals surface area contributed by atoms with E-state index in [-0.39, 0.29) is 11.0 Å². The third-order valence-electron chi connectivity index (χ3n) is 3.61. The number of hydrogen-bond donors (Lipinski definition) is 0. The molecular formula is C19H38O5SSi. The van der Waals surface area contributed by atoms with Crippen LogP contribution in [-0.4, -0.2) is 52.9 Å². The molecular weight excluding hydrogens is 368 g/mol. The first kappa shape index (κ1) is 24.1. The van der Waals surface area contributed by atoms with E-state index in [9.17, 15) is 0 Å². The van der Waals surface area contributed by atoms with Gasteiger partial charge in [0.2, 0.25) is 0 Å². The van der Waals surface area contributed by atoms with Gasteiger partial charge in [0.15, 0.2) is 6.29 Å². The molecule has 5 nitrogen and oxygen atoms in total. The Bertz CT molecular complexity index is 388. The standard InChI is InChI=1S/C19H38O5SSi/c1-7-22-26(23-8-2,24-9-3)18(25-19(4,5)6)14-12-16-21-17-13-10-11-15-20-17/h14,17H,7-13,15-16H2,1-6H3/b18-14+. The summed E-state index contributed by atoms with van der Waals surface area (Å²) in [5, 5.41) is 0. The average molecular weight is 407 g/mol. The van der Waals surface area contributed by atoms with Crippen molar-refractivity contribution in [3.63, 3.8) is 0 Å². The highest BCUT2D eigenvalue weighted by atomic mass is 32.2. The van der Waals surface area contributed by atoms with E-state index < -0.39 is 8.80 Å². The molecule has 0 aromatic heterocycles. The van der Waals surface area contributed by atoms with Crippen LogP contribution < -0.4 is 0 Å². The van der Waals surface area contributed by atoms with Crippen LogP contribution in [0.15, 0.2) is 10.6 Å². The van der Waals surface area contributed by atoms with E-state index in [0.29, 0.717) is 26.4 Å². The lowest BCUT2D eigenvalue weighted by molar-refractivity contribution is -0.161. The van der Waals surface area contributed by atoms with Gasteiger partial charge in [-0.15, -0.1) is 11.8 Å². The highest BCUT2D eigenvalue weighted by Crippen LogP contribution is 2.38. The minimum atomic E-state index is -2.89. The van der Waals surface area contributed by atoms with E-state index >= 15 is 0 Å². The van der Waals surface area contributed by atoms with E-state index in [1.165, 1.54) is 6.42 Å². The Labute approximate surface area is 165 Å². The lowest BCUT2D eigenvalue weighted by Gasteiger charge is -2.33. The summed E-state index contributed by atoms with van der Waals surface area (Å²) in [7, 11) is -2.89. The Kier molecular flexibility index (Phi) is 11.6. The first-order valence-electron chi connectivity index (χ1n) is 9.91. The fourth-order valence-electron chi connectivity index (χ4n) is 2.70. The topological polar surface area (TPSA) is 46.2 Å². The molecule has 1 aliphatic rings. The monoisotopic (exact) mass is 406 g/mol. The summed E-state index contributed by atoms with van der Waals surface area (Å²) in [6, 6.07) is 0. The van der Waals surface area contributed by atoms with Crippen molar-refractivity contribution in [1.82, 2.24) is 0 Å².